The van der Waals surface area contributed by atoms with Crippen molar-refractivity contribution in [1.82, 2.24) is 0 Å². The molecule has 1 aromatic rings. The largest absolute Gasteiger partial charge is 0.396 e. The Balaban J connectivity index is 2.66. The maximum atomic E-state index is 12.1. The smallest absolute Gasteiger partial charge is 0.169 e. The molecular formula is C14H18O4. The zero-order valence-electron chi connectivity index (χ0n) is 10.6. The van der Waals surface area contributed by atoms with Crippen LogP contribution in [0.15, 0.2) is 6.07 Å². The van der Waals surface area contributed by atoms with Crippen LogP contribution in [-0.4, -0.2) is 27.7 Å². The summed E-state index contributed by atoms with van der Waals surface area (Å²) in [6.07, 6.45) is -0.382. The van der Waals surface area contributed by atoms with Gasteiger partial charge in [-0.15, -0.1) is 0 Å². The predicted molar refractivity (Wildman–Crippen MR) is 66.3 cm³/mol. The van der Waals surface area contributed by atoms with Crippen molar-refractivity contribution in [1.29, 1.82) is 0 Å². The first-order valence-corrected chi connectivity index (χ1v) is 6.12. The molecule has 18 heavy (non-hydrogen) atoms. The molecule has 0 radical (unpaired) electrons. The number of hydrogen-bond acceptors (Lipinski definition) is 4. The fourth-order valence-corrected chi connectivity index (χ4v) is 2.76. The summed E-state index contributed by atoms with van der Waals surface area (Å²) >= 11 is 0. The molecule has 0 aromatic heterocycles. The predicted octanol–water partition coefficient (Wildman–Crippen LogP) is 0.888. The number of fused-ring (bicyclic) bond motifs is 1. The van der Waals surface area contributed by atoms with Crippen molar-refractivity contribution >= 4 is 5.78 Å². The van der Waals surface area contributed by atoms with Crippen LogP contribution in [0.1, 0.15) is 45.6 Å². The molecule has 0 fully saturated rings. The van der Waals surface area contributed by atoms with Crippen LogP contribution < -0.4 is 0 Å². The van der Waals surface area contributed by atoms with Crippen LogP contribution in [-0.2, 0) is 13.0 Å². The van der Waals surface area contributed by atoms with Gasteiger partial charge >= 0.3 is 0 Å². The van der Waals surface area contributed by atoms with E-state index in [4.69, 9.17) is 5.11 Å². The molecule has 0 bridgehead atoms. The minimum absolute atomic E-state index is 0.0288. The number of carbonyl (C=O) groups excluding carboxylic acids is 1. The van der Waals surface area contributed by atoms with E-state index in [1.54, 1.807) is 13.0 Å². The Kier molecular flexibility index (Phi) is 3.52. The lowest BCUT2D eigenvalue weighted by Crippen LogP contribution is -2.09. The molecule has 1 aliphatic rings. The monoisotopic (exact) mass is 250 g/mol. The fraction of sp³-hybridized carbons (Fsp3) is 0.500. The number of ketones is 1. The number of Topliss-reactive ketones (excluding diaryl/α,β-unsaturated/α-hetero) is 1. The number of aliphatic hydroxyl groups excluding tert-OH is 3. The van der Waals surface area contributed by atoms with E-state index in [1.807, 2.05) is 6.92 Å². The van der Waals surface area contributed by atoms with E-state index in [1.165, 1.54) is 0 Å². The van der Waals surface area contributed by atoms with Crippen molar-refractivity contribution < 1.29 is 20.1 Å². The maximum Gasteiger partial charge on any atom is 0.169 e. The van der Waals surface area contributed by atoms with Gasteiger partial charge in [-0.25, -0.2) is 0 Å². The topological polar surface area (TPSA) is 77.8 Å². The second kappa shape index (κ2) is 4.80. The molecular weight excluding hydrogens is 232 g/mol. The van der Waals surface area contributed by atoms with Gasteiger partial charge in [0, 0.05) is 18.1 Å². The summed E-state index contributed by atoms with van der Waals surface area (Å²) in [5.74, 6) is -0.492. The molecule has 2 rings (SSSR count). The van der Waals surface area contributed by atoms with Gasteiger partial charge in [0.1, 0.15) is 0 Å². The lowest BCUT2D eigenvalue weighted by atomic mass is 9.91. The van der Waals surface area contributed by atoms with Gasteiger partial charge in [-0.05, 0) is 41.7 Å². The maximum absolute atomic E-state index is 12.1. The second-order valence-electron chi connectivity index (χ2n) is 4.83. The summed E-state index contributed by atoms with van der Waals surface area (Å²) in [5.41, 5.74) is 3.44. The van der Waals surface area contributed by atoms with Gasteiger partial charge in [0.15, 0.2) is 5.78 Å². The standard InChI is InChI=1S/C14H18O4/c1-7-10(3-4-15)9(6-16)5-11-12(7)14(18)8(2)13(11)17/h5,8,13,15-17H,3-4,6H2,1-2H3/t8-,13+/m1/s1. The van der Waals surface area contributed by atoms with Crippen molar-refractivity contribution in [3.63, 3.8) is 0 Å². The number of aliphatic hydroxyl groups is 3. The normalized spacial score (nSPS) is 22.4. The average molecular weight is 250 g/mol. The van der Waals surface area contributed by atoms with Crippen molar-refractivity contribution in [2.45, 2.75) is 33.0 Å². The van der Waals surface area contributed by atoms with E-state index in [9.17, 15) is 15.0 Å². The summed E-state index contributed by atoms with van der Waals surface area (Å²) in [6, 6.07) is 1.69. The number of carbonyl (C=O) groups is 1. The molecule has 0 saturated carbocycles. The zero-order chi connectivity index (χ0) is 13.4. The van der Waals surface area contributed by atoms with Crippen molar-refractivity contribution in [2.75, 3.05) is 6.61 Å². The van der Waals surface area contributed by atoms with Crippen LogP contribution >= 0.6 is 0 Å². The van der Waals surface area contributed by atoms with E-state index in [2.05, 4.69) is 0 Å². The summed E-state index contributed by atoms with van der Waals surface area (Å²) in [5, 5.41) is 28.5. The molecule has 1 aromatic carbocycles. The highest BCUT2D eigenvalue weighted by Crippen LogP contribution is 2.39. The van der Waals surface area contributed by atoms with Crippen molar-refractivity contribution in [2.24, 2.45) is 5.92 Å². The van der Waals surface area contributed by atoms with Crippen LogP contribution in [0.2, 0.25) is 0 Å². The first-order valence-electron chi connectivity index (χ1n) is 6.12. The Hall–Kier alpha value is -1.23. The van der Waals surface area contributed by atoms with Crippen LogP contribution in [0, 0.1) is 12.8 Å². The van der Waals surface area contributed by atoms with Gasteiger partial charge in [0.25, 0.3) is 0 Å². The summed E-state index contributed by atoms with van der Waals surface area (Å²) in [6.45, 7) is 3.33. The first kappa shape index (κ1) is 13.2. The van der Waals surface area contributed by atoms with E-state index >= 15 is 0 Å². The summed E-state index contributed by atoms with van der Waals surface area (Å²) < 4.78 is 0. The number of rotatable bonds is 3. The lowest BCUT2D eigenvalue weighted by Gasteiger charge is -2.15. The molecule has 2 atom stereocenters. The highest BCUT2D eigenvalue weighted by atomic mass is 16.3. The van der Waals surface area contributed by atoms with Gasteiger partial charge in [-0.1, -0.05) is 6.92 Å². The van der Waals surface area contributed by atoms with Crippen LogP contribution in [0.3, 0.4) is 0 Å². The Bertz CT molecular complexity index is 493. The third kappa shape index (κ3) is 1.77. The van der Waals surface area contributed by atoms with E-state index in [0.29, 0.717) is 23.1 Å². The molecule has 0 saturated heterocycles. The van der Waals surface area contributed by atoms with E-state index in [0.717, 1.165) is 11.1 Å². The Morgan fingerprint density at radius 1 is 1.33 bits per heavy atom. The quantitative estimate of drug-likeness (QED) is 0.744. The van der Waals surface area contributed by atoms with E-state index in [-0.39, 0.29) is 19.0 Å². The van der Waals surface area contributed by atoms with Crippen molar-refractivity contribution in [3.05, 3.63) is 33.9 Å². The van der Waals surface area contributed by atoms with Gasteiger partial charge in [0.05, 0.1) is 12.7 Å². The van der Waals surface area contributed by atoms with Crippen LogP contribution in [0.5, 0.6) is 0 Å². The molecule has 0 amide bonds. The first-order chi connectivity index (χ1) is 8.52. The highest BCUT2D eigenvalue weighted by Gasteiger charge is 2.37. The number of hydrogen-bond donors (Lipinski definition) is 3. The van der Waals surface area contributed by atoms with Crippen LogP contribution in [0.4, 0.5) is 0 Å². The van der Waals surface area contributed by atoms with Gasteiger partial charge < -0.3 is 15.3 Å². The van der Waals surface area contributed by atoms with Crippen LogP contribution in [0.25, 0.3) is 0 Å². The molecule has 3 N–H and O–H groups in total. The Labute approximate surface area is 106 Å². The zero-order valence-corrected chi connectivity index (χ0v) is 10.6. The summed E-state index contributed by atoms with van der Waals surface area (Å²) in [4.78, 5) is 12.1. The summed E-state index contributed by atoms with van der Waals surface area (Å²) in [7, 11) is 0. The molecule has 0 heterocycles. The Morgan fingerprint density at radius 2 is 2.00 bits per heavy atom. The Morgan fingerprint density at radius 3 is 2.56 bits per heavy atom. The molecule has 0 spiro atoms. The van der Waals surface area contributed by atoms with E-state index < -0.39 is 12.0 Å². The molecule has 4 heteroatoms. The minimum atomic E-state index is -0.792. The third-order valence-corrected chi connectivity index (χ3v) is 3.82. The fourth-order valence-electron chi connectivity index (χ4n) is 2.76. The van der Waals surface area contributed by atoms with Gasteiger partial charge in [0.2, 0.25) is 0 Å². The molecule has 0 aliphatic heterocycles. The molecule has 1 aliphatic carbocycles. The van der Waals surface area contributed by atoms with Crippen molar-refractivity contribution in [3.8, 4) is 0 Å². The average Bonchev–Trinajstić information content (AvgIpc) is 2.57. The number of benzene rings is 1. The van der Waals surface area contributed by atoms with Gasteiger partial charge in [-0.3, -0.25) is 4.79 Å². The second-order valence-corrected chi connectivity index (χ2v) is 4.83. The lowest BCUT2D eigenvalue weighted by molar-refractivity contribution is 0.0790. The highest BCUT2D eigenvalue weighted by molar-refractivity contribution is 6.04. The molecule has 98 valence electrons. The van der Waals surface area contributed by atoms with Gasteiger partial charge in [-0.2, -0.15) is 0 Å². The molecule has 0 unspecified atom stereocenters. The molecule has 4 nitrogen and oxygen atoms in total. The SMILES string of the molecule is Cc1c(CCO)c(CO)cc2c1C(=O)[C@H](C)[C@@H]2O. The third-order valence-electron chi connectivity index (χ3n) is 3.82. The minimum Gasteiger partial charge on any atom is -0.396 e.